The largest absolute Gasteiger partial charge is 0.480 e. The number of rotatable bonds is 28. The molecular weight excluding hydrogens is 1180 g/mol. The Morgan fingerprint density at radius 3 is 1.24 bits per heavy atom. The Balaban J connectivity index is 1.15. The smallest absolute Gasteiger partial charge is 0.186 e. The monoisotopic (exact) mass is 1270 g/mol. The predicted molar refractivity (Wildman–Crippen MR) is 386 cm³/mol. The van der Waals surface area contributed by atoms with Gasteiger partial charge >= 0.3 is 0 Å². The maximum Gasteiger partial charge on any atom is 0.186 e. The average molecular weight is 1270 g/mol. The van der Waals surface area contributed by atoms with Crippen LogP contribution >= 0.6 is 22.7 Å². The molecule has 6 aromatic carbocycles. The summed E-state index contributed by atoms with van der Waals surface area (Å²) in [5, 5.41) is 30.6. The molecule has 11 rings (SSSR count). The van der Waals surface area contributed by atoms with Crippen LogP contribution in [0.5, 0.6) is 11.5 Å². The van der Waals surface area contributed by atoms with Gasteiger partial charge in [-0.2, -0.15) is 15.8 Å². The van der Waals surface area contributed by atoms with E-state index in [4.69, 9.17) is 14.2 Å². The zero-order valence-electron chi connectivity index (χ0n) is 56.0. The highest BCUT2D eigenvalue weighted by Gasteiger charge is 2.50. The van der Waals surface area contributed by atoms with Gasteiger partial charge in [-0.3, -0.25) is 0 Å². The molecule has 0 spiro atoms. The van der Waals surface area contributed by atoms with E-state index in [1.165, 1.54) is 99.3 Å². The molecule has 0 N–H and O–H groups in total. The average Bonchev–Trinajstić information content (AvgIpc) is 1.69. The number of fused-ring (bicyclic) bond motifs is 6. The molecule has 3 aliphatic heterocycles. The van der Waals surface area contributed by atoms with Gasteiger partial charge in [-0.05, 0) is 136 Å². The number of anilines is 1. The van der Waals surface area contributed by atoms with Crippen molar-refractivity contribution in [2.45, 2.75) is 187 Å². The molecule has 0 amide bonds. The first kappa shape index (κ1) is 66.1. The van der Waals surface area contributed by atoms with Gasteiger partial charge in [0.2, 0.25) is 0 Å². The molecule has 2 aromatic heterocycles. The number of benzene rings is 6. The molecule has 8 aromatic rings. The van der Waals surface area contributed by atoms with Crippen LogP contribution in [-0.2, 0) is 41.6 Å². The van der Waals surface area contributed by atoms with Crippen molar-refractivity contribution in [2.24, 2.45) is 0 Å². The third kappa shape index (κ3) is 13.7. The number of unbranched alkanes of at least 4 members (excludes halogenated alkanes) is 12. The van der Waals surface area contributed by atoms with Crippen LogP contribution in [0.15, 0.2) is 174 Å². The van der Waals surface area contributed by atoms with Crippen molar-refractivity contribution in [1.82, 2.24) is 0 Å². The summed E-state index contributed by atoms with van der Waals surface area (Å²) in [5.74, 6) is 1.55. The Bertz CT molecular complexity index is 4010. The summed E-state index contributed by atoms with van der Waals surface area (Å²) in [6.07, 6.45) is 27.3. The highest BCUT2D eigenvalue weighted by atomic mass is 32.1. The van der Waals surface area contributed by atoms with Crippen molar-refractivity contribution in [1.29, 1.82) is 15.8 Å². The lowest BCUT2D eigenvalue weighted by Crippen LogP contribution is -2.39. The first-order chi connectivity index (χ1) is 45.3. The van der Waals surface area contributed by atoms with Crippen molar-refractivity contribution >= 4 is 34.4 Å². The van der Waals surface area contributed by atoms with E-state index in [-0.39, 0.29) is 16.9 Å². The molecule has 9 heteroatoms. The van der Waals surface area contributed by atoms with Crippen LogP contribution in [0, 0.1) is 34.0 Å². The minimum Gasteiger partial charge on any atom is -0.480 e. The van der Waals surface area contributed by atoms with Crippen LogP contribution in [0.1, 0.15) is 205 Å². The van der Waals surface area contributed by atoms with E-state index in [0.717, 1.165) is 138 Å². The van der Waals surface area contributed by atoms with E-state index in [0.29, 0.717) is 5.57 Å². The predicted octanol–water partition coefficient (Wildman–Crippen LogP) is 22.7. The maximum absolute atomic E-state index is 10.7. The molecule has 0 aliphatic carbocycles. The number of nitriles is 3. The SMILES string of the molecule is CCCCCCc1ccc(C2(c3ccc(CCCCCC)cc3)Oc3cc4c(cc3-c3sc(/C=C/C5=C(C#N)C(=C(C#N)C#N)OC5(C)C)cc32)OC(c2ccc(CCCCCC)cc2)(c2ccc(CCCCCC)cc2)c2cc(-c3ccc(N(C)C)cc3)sc2-4)cc1. The minimum atomic E-state index is -1.11. The fourth-order valence-corrected chi connectivity index (χ4v) is 16.2. The van der Waals surface area contributed by atoms with Crippen LogP contribution in [0.3, 0.4) is 0 Å². The van der Waals surface area contributed by atoms with Crippen LogP contribution in [0.2, 0.25) is 0 Å². The molecule has 0 atom stereocenters. The number of allylic oxidation sites excluding steroid dienone is 2. The number of thiophene rings is 2. The van der Waals surface area contributed by atoms with E-state index in [1.807, 2.05) is 43.4 Å². The Kier molecular flexibility index (Phi) is 21.1. The van der Waals surface area contributed by atoms with Crippen molar-refractivity contribution in [3.05, 3.63) is 235 Å². The van der Waals surface area contributed by atoms with Crippen LogP contribution in [-0.4, -0.2) is 19.7 Å². The Morgan fingerprint density at radius 2 is 0.860 bits per heavy atom. The van der Waals surface area contributed by atoms with E-state index < -0.39 is 16.8 Å². The molecular formula is C84H90N4O3S2. The first-order valence-corrected chi connectivity index (χ1v) is 36.0. The summed E-state index contributed by atoms with van der Waals surface area (Å²) in [5.41, 5.74) is 13.2. The van der Waals surface area contributed by atoms with Gasteiger partial charge in [0, 0.05) is 89.4 Å². The van der Waals surface area contributed by atoms with Gasteiger partial charge in [-0.25, -0.2) is 0 Å². The zero-order chi connectivity index (χ0) is 65.1. The molecule has 0 saturated carbocycles. The quantitative estimate of drug-likeness (QED) is 0.0355. The molecule has 3 aliphatic rings. The molecule has 0 bridgehead atoms. The second-order valence-corrected chi connectivity index (χ2v) is 28.5. The van der Waals surface area contributed by atoms with Gasteiger partial charge in [-0.15, -0.1) is 22.7 Å². The topological polar surface area (TPSA) is 102 Å². The van der Waals surface area contributed by atoms with Gasteiger partial charge in [-0.1, -0.05) is 220 Å². The van der Waals surface area contributed by atoms with Gasteiger partial charge in [0.25, 0.3) is 0 Å². The number of hydrogen-bond donors (Lipinski definition) is 0. The molecule has 476 valence electrons. The summed E-state index contributed by atoms with van der Waals surface area (Å²) in [7, 11) is 4.18. The van der Waals surface area contributed by atoms with Gasteiger partial charge in [0.15, 0.2) is 22.5 Å². The summed E-state index contributed by atoms with van der Waals surface area (Å²) in [6, 6.07) is 61.4. The van der Waals surface area contributed by atoms with Gasteiger partial charge < -0.3 is 19.1 Å². The van der Waals surface area contributed by atoms with E-state index in [9.17, 15) is 15.8 Å². The van der Waals surface area contributed by atoms with Crippen LogP contribution < -0.4 is 14.4 Å². The summed E-state index contributed by atoms with van der Waals surface area (Å²) in [4.78, 5) is 6.43. The third-order valence-corrected chi connectivity index (χ3v) is 21.6. The van der Waals surface area contributed by atoms with E-state index in [2.05, 4.69) is 204 Å². The molecule has 0 radical (unpaired) electrons. The number of aryl methyl sites for hydroxylation is 4. The van der Waals surface area contributed by atoms with Crippen molar-refractivity contribution < 1.29 is 14.2 Å². The molecule has 93 heavy (non-hydrogen) atoms. The maximum atomic E-state index is 10.7. The number of ether oxygens (including phenoxy) is 3. The highest BCUT2D eigenvalue weighted by Crippen LogP contribution is 2.62. The Morgan fingerprint density at radius 1 is 0.462 bits per heavy atom. The van der Waals surface area contributed by atoms with Crippen molar-refractivity contribution in [3.8, 4) is 61.0 Å². The van der Waals surface area contributed by atoms with Gasteiger partial charge in [0.05, 0.1) is 0 Å². The Hall–Kier alpha value is -8.39. The second kappa shape index (κ2) is 29.7. The number of nitrogens with zero attached hydrogens (tertiary/aromatic N) is 4. The molecule has 7 nitrogen and oxygen atoms in total. The summed E-state index contributed by atoms with van der Waals surface area (Å²) < 4.78 is 22.5. The highest BCUT2D eigenvalue weighted by molar-refractivity contribution is 7.19. The van der Waals surface area contributed by atoms with Gasteiger partial charge in [0.1, 0.15) is 40.9 Å². The third-order valence-electron chi connectivity index (χ3n) is 19.2. The van der Waals surface area contributed by atoms with Crippen molar-refractivity contribution in [3.63, 3.8) is 0 Å². The lowest BCUT2D eigenvalue weighted by molar-refractivity contribution is 0.0954. The van der Waals surface area contributed by atoms with Crippen LogP contribution in [0.4, 0.5) is 5.69 Å². The zero-order valence-corrected chi connectivity index (χ0v) is 57.6. The summed E-state index contributed by atoms with van der Waals surface area (Å²) in [6.45, 7) is 12.8. The molecule has 0 unspecified atom stereocenters. The van der Waals surface area contributed by atoms with Crippen LogP contribution in [0.25, 0.3) is 37.4 Å². The fraction of sp³-hybridized carbons (Fsp3) is 0.369. The number of hydrogen-bond acceptors (Lipinski definition) is 9. The second-order valence-electron chi connectivity index (χ2n) is 26.4. The van der Waals surface area contributed by atoms with E-state index >= 15 is 0 Å². The molecule has 0 saturated heterocycles. The Labute approximate surface area is 562 Å². The minimum absolute atomic E-state index is 0.0161. The first-order valence-electron chi connectivity index (χ1n) is 34.4. The lowest BCUT2D eigenvalue weighted by Gasteiger charge is -2.42. The normalized spacial score (nSPS) is 14.6. The summed E-state index contributed by atoms with van der Waals surface area (Å²) >= 11 is 3.51. The lowest BCUT2D eigenvalue weighted by atomic mass is 9.75. The fourth-order valence-electron chi connectivity index (χ4n) is 13.9. The molecule has 0 fully saturated rings. The van der Waals surface area contributed by atoms with E-state index in [1.54, 1.807) is 11.3 Å². The molecule has 5 heterocycles. The van der Waals surface area contributed by atoms with Crippen molar-refractivity contribution in [2.75, 3.05) is 19.0 Å². The standard InChI is InChI=1S/C84H90N4O3S2/c1-9-13-17-21-25-58-29-39-64(40-30-58)83(65-41-31-59(32-42-65)26-22-18-14-10-2)74-51-69(49-50-73-72(57-87)79(63(55-85)56-86)91-82(73,5)6)92-80(74)70-52-77-71(53-76(70)89-83)81-75(54-78(93-81)62-37-47-68(48-38-62)88(7)8)84(90-77,66-43-33-60(34-44-66)27-23-19-15-11-3)67-45-35-61(36-46-67)28-24-20-16-12-4/h29-54H,9-28H2,1-8H3/b50-49+.